The van der Waals surface area contributed by atoms with Crippen LogP contribution in [-0.2, 0) is 25.7 Å². The Balaban J connectivity index is 1.32. The van der Waals surface area contributed by atoms with Crippen LogP contribution in [0.1, 0.15) is 45.6 Å². The molecule has 0 bridgehead atoms. The van der Waals surface area contributed by atoms with Crippen LogP contribution in [0.25, 0.3) is 0 Å². The fourth-order valence-corrected chi connectivity index (χ4v) is 10.9. The van der Waals surface area contributed by atoms with Crippen LogP contribution in [0.4, 0.5) is 5.69 Å². The van der Waals surface area contributed by atoms with Crippen LogP contribution < -0.4 is 21.2 Å². The number of nitrogens with one attached hydrogen (secondary N) is 1. The predicted molar refractivity (Wildman–Crippen MR) is 179 cm³/mol. The molecule has 2 amide bonds. The molecule has 226 valence electrons. The minimum absolute atomic E-state index is 0.0263. The molecule has 7 heteroatoms. The standard InChI is InChI=1S/C37H39N2O4P/c1-37(2,3)43-35(41)24-23-34(40)38-29-21-19-28(20-22-29)27-39-26-25-33(36(39)42)44(30-13-7-4-8-14-30,31-15-9-5-10-16-31)32-17-11-6-12-18-32/h4-22,33H,23-27H2,1-3H3/p+1/t33-/m1/s1. The molecule has 0 aromatic heterocycles. The number of hydrogen-bond donors (Lipinski definition) is 1. The van der Waals surface area contributed by atoms with Gasteiger partial charge in [0.15, 0.2) is 5.66 Å². The molecule has 1 atom stereocenters. The minimum Gasteiger partial charge on any atom is -0.460 e. The molecular weight excluding hydrogens is 567 g/mol. The predicted octanol–water partition coefficient (Wildman–Crippen LogP) is 5.84. The molecule has 1 aliphatic rings. The average Bonchev–Trinajstić information content (AvgIpc) is 3.38. The van der Waals surface area contributed by atoms with E-state index in [1.165, 1.54) is 15.9 Å². The highest BCUT2D eigenvalue weighted by atomic mass is 31.2. The SMILES string of the molecule is CC(C)(C)OC(=O)CCC(=O)Nc1ccc(CN2CC[C@@H]([P+](c3ccccc3)(c3ccccc3)c3ccccc3)C2=O)cc1. The van der Waals surface area contributed by atoms with Crippen molar-refractivity contribution in [3.05, 3.63) is 121 Å². The molecule has 1 aliphatic heterocycles. The van der Waals surface area contributed by atoms with Gasteiger partial charge in [-0.15, -0.1) is 0 Å². The Morgan fingerprint density at radius 3 is 1.75 bits per heavy atom. The van der Waals surface area contributed by atoms with Crippen LogP contribution in [0.5, 0.6) is 0 Å². The molecule has 0 radical (unpaired) electrons. The van der Waals surface area contributed by atoms with Gasteiger partial charge in [0.1, 0.15) is 28.8 Å². The van der Waals surface area contributed by atoms with Crippen LogP contribution in [0.15, 0.2) is 115 Å². The third-order valence-electron chi connectivity index (χ3n) is 7.81. The van der Waals surface area contributed by atoms with Crippen LogP contribution in [0.3, 0.4) is 0 Å². The van der Waals surface area contributed by atoms with E-state index >= 15 is 0 Å². The molecule has 4 aromatic rings. The highest BCUT2D eigenvalue weighted by Crippen LogP contribution is 2.62. The lowest BCUT2D eigenvalue weighted by Gasteiger charge is -2.32. The van der Waals surface area contributed by atoms with Gasteiger partial charge in [-0.2, -0.15) is 0 Å². The van der Waals surface area contributed by atoms with Gasteiger partial charge in [-0.3, -0.25) is 14.4 Å². The number of anilines is 1. The zero-order valence-corrected chi connectivity index (χ0v) is 26.5. The lowest BCUT2D eigenvalue weighted by atomic mass is 10.2. The molecule has 5 rings (SSSR count). The zero-order chi connectivity index (χ0) is 31.2. The van der Waals surface area contributed by atoms with E-state index in [1.54, 1.807) is 20.8 Å². The van der Waals surface area contributed by atoms with Gasteiger partial charge in [0.2, 0.25) is 5.91 Å². The van der Waals surface area contributed by atoms with Crippen molar-refractivity contribution < 1.29 is 19.1 Å². The lowest BCUT2D eigenvalue weighted by Crippen LogP contribution is -2.42. The highest BCUT2D eigenvalue weighted by Gasteiger charge is 2.58. The van der Waals surface area contributed by atoms with Crippen molar-refractivity contribution in [3.8, 4) is 0 Å². The molecule has 1 saturated heterocycles. The van der Waals surface area contributed by atoms with Crippen molar-refractivity contribution in [2.45, 2.75) is 57.8 Å². The Morgan fingerprint density at radius 1 is 0.773 bits per heavy atom. The first-order chi connectivity index (χ1) is 21.2. The first kappa shape index (κ1) is 31.2. The molecule has 6 nitrogen and oxygen atoms in total. The second-order valence-corrected chi connectivity index (χ2v) is 15.7. The quantitative estimate of drug-likeness (QED) is 0.182. The summed E-state index contributed by atoms with van der Waals surface area (Å²) in [5, 5.41) is 6.49. The van der Waals surface area contributed by atoms with Gasteiger partial charge in [-0.25, -0.2) is 0 Å². The number of rotatable bonds is 10. The number of carbonyl (C=O) groups excluding carboxylic acids is 3. The Kier molecular flexibility index (Phi) is 9.61. The Morgan fingerprint density at radius 2 is 1.27 bits per heavy atom. The molecular formula is C37H40N2O4P+. The third-order valence-corrected chi connectivity index (χ3v) is 12.6. The second kappa shape index (κ2) is 13.6. The van der Waals surface area contributed by atoms with E-state index < -0.39 is 18.8 Å². The Labute approximate surface area is 260 Å². The third kappa shape index (κ3) is 7.09. The van der Waals surface area contributed by atoms with E-state index in [9.17, 15) is 14.4 Å². The largest absolute Gasteiger partial charge is 0.460 e. The summed E-state index contributed by atoms with van der Waals surface area (Å²) in [6.07, 6.45) is 0.852. The van der Waals surface area contributed by atoms with Gasteiger partial charge in [0.05, 0.1) is 6.42 Å². The molecule has 0 unspecified atom stereocenters. The van der Waals surface area contributed by atoms with Crippen molar-refractivity contribution in [2.24, 2.45) is 0 Å². The van der Waals surface area contributed by atoms with Crippen LogP contribution in [-0.4, -0.2) is 40.5 Å². The number of benzene rings is 4. The minimum atomic E-state index is -2.32. The summed E-state index contributed by atoms with van der Waals surface area (Å²) in [5.41, 5.74) is 0.899. The number of esters is 1. The maximum absolute atomic E-state index is 14.4. The van der Waals surface area contributed by atoms with E-state index in [0.29, 0.717) is 18.8 Å². The summed E-state index contributed by atoms with van der Waals surface area (Å²) in [6, 6.07) is 39.2. The number of amides is 2. The molecule has 1 heterocycles. The number of ether oxygens (including phenoxy) is 1. The summed E-state index contributed by atoms with van der Waals surface area (Å²) in [6.45, 7) is 6.59. The van der Waals surface area contributed by atoms with Crippen LogP contribution in [0, 0.1) is 0 Å². The van der Waals surface area contributed by atoms with E-state index in [0.717, 1.165) is 12.0 Å². The first-order valence-electron chi connectivity index (χ1n) is 15.1. The number of likely N-dealkylation sites (tertiary alicyclic amines) is 1. The molecule has 44 heavy (non-hydrogen) atoms. The van der Waals surface area contributed by atoms with Gasteiger partial charge in [0.25, 0.3) is 5.91 Å². The van der Waals surface area contributed by atoms with Gasteiger partial charge in [0, 0.05) is 31.6 Å². The van der Waals surface area contributed by atoms with Crippen LogP contribution >= 0.6 is 7.26 Å². The molecule has 4 aromatic carbocycles. The smallest absolute Gasteiger partial charge is 0.306 e. The van der Waals surface area contributed by atoms with E-state index in [-0.39, 0.29) is 30.3 Å². The second-order valence-electron chi connectivity index (χ2n) is 12.1. The molecule has 1 fully saturated rings. The highest BCUT2D eigenvalue weighted by molar-refractivity contribution is 7.96. The number of carbonyl (C=O) groups is 3. The molecule has 0 saturated carbocycles. The fraction of sp³-hybridized carbons (Fsp3) is 0.270. The summed E-state index contributed by atoms with van der Waals surface area (Å²) in [5.74, 6) is -0.464. The van der Waals surface area contributed by atoms with Crippen molar-refractivity contribution >= 4 is 46.6 Å². The summed E-state index contributed by atoms with van der Waals surface area (Å²) < 4.78 is 5.28. The van der Waals surface area contributed by atoms with Gasteiger partial charge in [-0.1, -0.05) is 66.7 Å². The zero-order valence-electron chi connectivity index (χ0n) is 25.6. The average molecular weight is 608 g/mol. The molecule has 0 aliphatic carbocycles. The van der Waals surface area contributed by atoms with Crippen molar-refractivity contribution in [2.75, 3.05) is 11.9 Å². The topological polar surface area (TPSA) is 75.7 Å². The first-order valence-corrected chi connectivity index (χ1v) is 17.0. The molecule has 1 N–H and O–H groups in total. The van der Waals surface area contributed by atoms with E-state index in [4.69, 9.17) is 4.74 Å². The monoisotopic (exact) mass is 607 g/mol. The summed E-state index contributed by atoms with van der Waals surface area (Å²) in [4.78, 5) is 40.7. The normalized spacial score (nSPS) is 15.2. The Hall–Kier alpha value is -4.28. The van der Waals surface area contributed by atoms with Crippen molar-refractivity contribution in [1.82, 2.24) is 4.90 Å². The number of nitrogens with zero attached hydrogens (tertiary/aromatic N) is 1. The maximum Gasteiger partial charge on any atom is 0.306 e. The van der Waals surface area contributed by atoms with Crippen molar-refractivity contribution in [1.29, 1.82) is 0 Å². The van der Waals surface area contributed by atoms with E-state index in [1.807, 2.05) is 47.4 Å². The van der Waals surface area contributed by atoms with Crippen LogP contribution in [0.2, 0.25) is 0 Å². The Bertz CT molecular complexity index is 1470. The van der Waals surface area contributed by atoms with Crippen molar-refractivity contribution in [3.63, 3.8) is 0 Å². The van der Waals surface area contributed by atoms with Gasteiger partial charge >= 0.3 is 5.97 Å². The van der Waals surface area contributed by atoms with Gasteiger partial charge in [-0.05, 0) is 74.9 Å². The fourth-order valence-electron chi connectivity index (χ4n) is 5.96. The lowest BCUT2D eigenvalue weighted by molar-refractivity contribution is -0.155. The summed E-state index contributed by atoms with van der Waals surface area (Å²) >= 11 is 0. The summed E-state index contributed by atoms with van der Waals surface area (Å²) in [7, 11) is -2.32. The van der Waals surface area contributed by atoms with E-state index in [2.05, 4.69) is 78.1 Å². The number of hydrogen-bond acceptors (Lipinski definition) is 4. The maximum atomic E-state index is 14.4. The molecule has 0 spiro atoms. The van der Waals surface area contributed by atoms with Gasteiger partial charge < -0.3 is 15.0 Å².